The van der Waals surface area contributed by atoms with Crippen LogP contribution in [0.25, 0.3) is 0 Å². The maximum Gasteiger partial charge on any atom is 0.322 e. The third-order valence-corrected chi connectivity index (χ3v) is 4.16. The van der Waals surface area contributed by atoms with Gasteiger partial charge in [0.2, 0.25) is 0 Å². The van der Waals surface area contributed by atoms with Crippen LogP contribution in [0.2, 0.25) is 0 Å². The molecule has 2 amide bonds. The molecule has 0 aromatic heterocycles. The number of methoxy groups -OCH3 is 1. The summed E-state index contributed by atoms with van der Waals surface area (Å²) in [4.78, 5) is 14.2. The maximum atomic E-state index is 12.5. The highest BCUT2D eigenvalue weighted by Crippen LogP contribution is 2.28. The van der Waals surface area contributed by atoms with E-state index in [0.29, 0.717) is 23.9 Å². The first-order valence-corrected chi connectivity index (χ1v) is 7.40. The van der Waals surface area contributed by atoms with Gasteiger partial charge in [-0.2, -0.15) is 0 Å². The van der Waals surface area contributed by atoms with Gasteiger partial charge in [0.15, 0.2) is 0 Å². The third kappa shape index (κ3) is 3.47. The lowest BCUT2D eigenvalue weighted by Gasteiger charge is -2.38. The van der Waals surface area contributed by atoms with Crippen molar-refractivity contribution in [1.29, 1.82) is 0 Å². The number of nitrogens with one attached hydrogen (secondary N) is 1. The highest BCUT2D eigenvalue weighted by atomic mass is 16.5. The first kappa shape index (κ1) is 15.6. The molecule has 0 radical (unpaired) electrons. The predicted octanol–water partition coefficient (Wildman–Crippen LogP) is 2.63. The van der Waals surface area contributed by atoms with Crippen molar-refractivity contribution in [2.24, 2.45) is 5.92 Å². The SMILES string of the molecule is COc1ccc(C)cc1NC(=O)N1CCCC(C)C1CO. The van der Waals surface area contributed by atoms with E-state index in [4.69, 9.17) is 4.74 Å². The van der Waals surface area contributed by atoms with E-state index in [-0.39, 0.29) is 18.7 Å². The molecule has 0 aliphatic carbocycles. The molecule has 5 heteroatoms. The third-order valence-electron chi connectivity index (χ3n) is 4.16. The Balaban J connectivity index is 2.15. The summed E-state index contributed by atoms with van der Waals surface area (Å²) in [7, 11) is 1.58. The number of aliphatic hydroxyl groups excluding tert-OH is 1. The van der Waals surface area contributed by atoms with Crippen LogP contribution in [0, 0.1) is 12.8 Å². The van der Waals surface area contributed by atoms with Crippen molar-refractivity contribution in [2.75, 3.05) is 25.6 Å². The predicted molar refractivity (Wildman–Crippen MR) is 82.7 cm³/mol. The fraction of sp³-hybridized carbons (Fsp3) is 0.562. The molecule has 1 heterocycles. The van der Waals surface area contributed by atoms with Gasteiger partial charge in [-0.3, -0.25) is 0 Å². The molecule has 2 N–H and O–H groups in total. The molecule has 116 valence electrons. The van der Waals surface area contributed by atoms with Crippen molar-refractivity contribution in [3.05, 3.63) is 23.8 Å². The van der Waals surface area contributed by atoms with Crippen molar-refractivity contribution in [1.82, 2.24) is 4.90 Å². The molecular weight excluding hydrogens is 268 g/mol. The van der Waals surface area contributed by atoms with Crippen molar-refractivity contribution in [3.8, 4) is 5.75 Å². The number of carbonyl (C=O) groups excluding carboxylic acids is 1. The van der Waals surface area contributed by atoms with E-state index >= 15 is 0 Å². The minimum Gasteiger partial charge on any atom is -0.495 e. The second-order valence-corrected chi connectivity index (χ2v) is 5.70. The van der Waals surface area contributed by atoms with E-state index in [2.05, 4.69) is 12.2 Å². The minimum atomic E-state index is -0.176. The van der Waals surface area contributed by atoms with Gasteiger partial charge in [0.1, 0.15) is 5.75 Å². The van der Waals surface area contributed by atoms with E-state index in [1.54, 1.807) is 12.0 Å². The lowest BCUT2D eigenvalue weighted by atomic mass is 9.91. The number of ether oxygens (including phenoxy) is 1. The molecule has 1 aliphatic heterocycles. The molecule has 5 nitrogen and oxygen atoms in total. The van der Waals surface area contributed by atoms with E-state index in [1.807, 2.05) is 25.1 Å². The van der Waals surface area contributed by atoms with Gasteiger partial charge in [-0.1, -0.05) is 13.0 Å². The van der Waals surface area contributed by atoms with Gasteiger partial charge in [-0.25, -0.2) is 4.79 Å². The monoisotopic (exact) mass is 292 g/mol. The first-order chi connectivity index (χ1) is 10.1. The molecule has 2 rings (SSSR count). The molecule has 0 saturated carbocycles. The van der Waals surface area contributed by atoms with Gasteiger partial charge in [0.05, 0.1) is 25.4 Å². The number of rotatable bonds is 3. The van der Waals surface area contributed by atoms with E-state index < -0.39 is 0 Å². The molecule has 1 aromatic rings. The van der Waals surface area contributed by atoms with Gasteiger partial charge >= 0.3 is 6.03 Å². The number of nitrogens with zero attached hydrogens (tertiary/aromatic N) is 1. The number of likely N-dealkylation sites (tertiary alicyclic amines) is 1. The molecule has 1 saturated heterocycles. The number of carbonyl (C=O) groups is 1. The van der Waals surface area contributed by atoms with Gasteiger partial charge in [0, 0.05) is 6.54 Å². The summed E-state index contributed by atoms with van der Waals surface area (Å²) in [5, 5.41) is 12.5. The molecule has 0 bridgehead atoms. The topological polar surface area (TPSA) is 61.8 Å². The summed E-state index contributed by atoms with van der Waals surface area (Å²) in [5.74, 6) is 0.952. The number of aliphatic hydroxyl groups is 1. The van der Waals surface area contributed by atoms with E-state index in [1.165, 1.54) is 0 Å². The molecule has 0 spiro atoms. The Bertz CT molecular complexity index is 504. The number of hydrogen-bond acceptors (Lipinski definition) is 3. The van der Waals surface area contributed by atoms with Crippen LogP contribution in [-0.4, -0.2) is 42.3 Å². The average Bonchev–Trinajstić information content (AvgIpc) is 2.47. The smallest absolute Gasteiger partial charge is 0.322 e. The molecule has 2 atom stereocenters. The standard InChI is InChI=1S/C16H24N2O3/c1-11-6-7-15(21-3)13(9-11)17-16(20)18-8-4-5-12(2)14(18)10-19/h6-7,9,12,14,19H,4-5,8,10H2,1-3H3,(H,17,20). The molecule has 21 heavy (non-hydrogen) atoms. The van der Waals surface area contributed by atoms with Crippen molar-refractivity contribution >= 4 is 11.7 Å². The van der Waals surface area contributed by atoms with Crippen LogP contribution in [0.3, 0.4) is 0 Å². The Hall–Kier alpha value is -1.75. The van der Waals surface area contributed by atoms with Gasteiger partial charge in [0.25, 0.3) is 0 Å². The zero-order valence-electron chi connectivity index (χ0n) is 12.9. The number of aryl methyl sites for hydroxylation is 1. The molecule has 1 aliphatic rings. The molecule has 1 fully saturated rings. The Morgan fingerprint density at radius 3 is 2.95 bits per heavy atom. The van der Waals surface area contributed by atoms with Crippen molar-refractivity contribution in [3.63, 3.8) is 0 Å². The Kier molecular flexibility index (Phi) is 5.07. The fourth-order valence-corrected chi connectivity index (χ4v) is 2.89. The summed E-state index contributed by atoms with van der Waals surface area (Å²) in [6.45, 7) is 4.72. The summed E-state index contributed by atoms with van der Waals surface area (Å²) in [6.07, 6.45) is 2.01. The minimum absolute atomic E-state index is 0.000457. The van der Waals surface area contributed by atoms with Crippen LogP contribution in [0.15, 0.2) is 18.2 Å². The van der Waals surface area contributed by atoms with Crippen LogP contribution in [-0.2, 0) is 0 Å². The Morgan fingerprint density at radius 2 is 2.29 bits per heavy atom. The number of anilines is 1. The van der Waals surface area contributed by atoms with Crippen LogP contribution in [0.4, 0.5) is 10.5 Å². The van der Waals surface area contributed by atoms with Crippen LogP contribution >= 0.6 is 0 Å². The number of amides is 2. The second-order valence-electron chi connectivity index (χ2n) is 5.70. The summed E-state index contributed by atoms with van der Waals surface area (Å²) in [5.41, 5.74) is 1.72. The van der Waals surface area contributed by atoms with Gasteiger partial charge in [-0.15, -0.1) is 0 Å². The highest BCUT2D eigenvalue weighted by molar-refractivity contribution is 5.91. The van der Waals surface area contributed by atoms with E-state index in [9.17, 15) is 9.90 Å². The van der Waals surface area contributed by atoms with Crippen molar-refractivity contribution < 1.29 is 14.6 Å². The van der Waals surface area contributed by atoms with E-state index in [0.717, 1.165) is 18.4 Å². The quantitative estimate of drug-likeness (QED) is 0.900. The number of urea groups is 1. The zero-order chi connectivity index (χ0) is 15.4. The summed E-state index contributed by atoms with van der Waals surface area (Å²) in [6, 6.07) is 5.37. The van der Waals surface area contributed by atoms with Crippen LogP contribution in [0.1, 0.15) is 25.3 Å². The molecule has 1 aromatic carbocycles. The second kappa shape index (κ2) is 6.80. The lowest BCUT2D eigenvalue weighted by Crippen LogP contribution is -2.51. The van der Waals surface area contributed by atoms with Gasteiger partial charge < -0.3 is 20.1 Å². The van der Waals surface area contributed by atoms with Gasteiger partial charge in [-0.05, 0) is 43.4 Å². The normalized spacial score (nSPS) is 22.0. The number of benzene rings is 1. The van der Waals surface area contributed by atoms with Crippen LogP contribution in [0.5, 0.6) is 5.75 Å². The van der Waals surface area contributed by atoms with Crippen LogP contribution < -0.4 is 10.1 Å². The zero-order valence-corrected chi connectivity index (χ0v) is 12.9. The Labute approximate surface area is 125 Å². The maximum absolute atomic E-state index is 12.5. The molecule has 2 unspecified atom stereocenters. The fourth-order valence-electron chi connectivity index (χ4n) is 2.89. The largest absolute Gasteiger partial charge is 0.495 e. The summed E-state index contributed by atoms with van der Waals surface area (Å²) < 4.78 is 5.28. The lowest BCUT2D eigenvalue weighted by molar-refractivity contribution is 0.0811. The number of piperidine rings is 1. The average molecular weight is 292 g/mol. The highest BCUT2D eigenvalue weighted by Gasteiger charge is 2.31. The molecular formula is C16H24N2O3. The van der Waals surface area contributed by atoms with Crippen molar-refractivity contribution in [2.45, 2.75) is 32.7 Å². The Morgan fingerprint density at radius 1 is 1.52 bits per heavy atom. The summed E-state index contributed by atoms with van der Waals surface area (Å²) >= 11 is 0. The first-order valence-electron chi connectivity index (χ1n) is 7.40. The number of hydrogen-bond donors (Lipinski definition) is 2.